The fourth-order valence-corrected chi connectivity index (χ4v) is 2.90. The monoisotopic (exact) mass is 409 g/mol. The van der Waals surface area contributed by atoms with Crippen LogP contribution < -0.4 is 10.6 Å². The number of amides is 1. The first-order valence-electron chi connectivity index (χ1n) is 7.18. The largest absolute Gasteiger partial charge is 0.376 e. The molecule has 6 nitrogen and oxygen atoms in total. The van der Waals surface area contributed by atoms with Gasteiger partial charge in [-0.2, -0.15) is 0 Å². The van der Waals surface area contributed by atoms with Crippen LogP contribution in [0.2, 0.25) is 0 Å². The second kappa shape index (κ2) is 9.29. The average Bonchev–Trinajstić information content (AvgIpc) is 2.58. The maximum atomic E-state index is 11.8. The minimum absolute atomic E-state index is 0.00805. The van der Waals surface area contributed by atoms with Gasteiger partial charge in [-0.3, -0.25) is 14.9 Å². The highest BCUT2D eigenvalue weighted by Crippen LogP contribution is 2.20. The number of nitro groups is 1. The third kappa shape index (κ3) is 6.21. The van der Waals surface area contributed by atoms with Crippen molar-refractivity contribution >= 4 is 45.0 Å². The minimum atomic E-state index is -0.468. The van der Waals surface area contributed by atoms with Crippen molar-refractivity contribution in [3.63, 3.8) is 0 Å². The third-order valence-corrected chi connectivity index (χ3v) is 4.56. The summed E-state index contributed by atoms with van der Waals surface area (Å²) in [5, 5.41) is 16.4. The number of rotatable bonds is 8. The molecule has 1 amide bonds. The molecule has 0 bridgehead atoms. The van der Waals surface area contributed by atoms with Crippen LogP contribution >= 0.6 is 27.7 Å². The van der Waals surface area contributed by atoms with Gasteiger partial charge in [0.2, 0.25) is 5.91 Å². The van der Waals surface area contributed by atoms with Gasteiger partial charge in [0, 0.05) is 39.5 Å². The summed E-state index contributed by atoms with van der Waals surface area (Å²) in [6.45, 7) is 0.625. The molecule has 2 N–H and O–H groups in total. The van der Waals surface area contributed by atoms with E-state index < -0.39 is 4.92 Å². The molecule has 0 aromatic heterocycles. The summed E-state index contributed by atoms with van der Waals surface area (Å²) < 4.78 is 1.03. The number of anilines is 1. The maximum Gasteiger partial charge on any atom is 0.271 e. The highest BCUT2D eigenvalue weighted by molar-refractivity contribution is 9.10. The van der Waals surface area contributed by atoms with Crippen molar-refractivity contribution in [1.82, 2.24) is 5.32 Å². The lowest BCUT2D eigenvalue weighted by Crippen LogP contribution is -2.31. The van der Waals surface area contributed by atoms with Crippen molar-refractivity contribution < 1.29 is 9.72 Å². The van der Waals surface area contributed by atoms with Crippen LogP contribution in [0, 0.1) is 10.1 Å². The van der Waals surface area contributed by atoms with Gasteiger partial charge in [0.25, 0.3) is 5.69 Å². The van der Waals surface area contributed by atoms with Gasteiger partial charge >= 0.3 is 0 Å². The van der Waals surface area contributed by atoms with E-state index in [1.54, 1.807) is 23.9 Å². The molecule has 2 aromatic carbocycles. The van der Waals surface area contributed by atoms with E-state index in [9.17, 15) is 14.9 Å². The molecule has 0 aliphatic heterocycles. The first-order chi connectivity index (χ1) is 11.5. The van der Waals surface area contributed by atoms with Crippen LogP contribution in [-0.2, 0) is 4.79 Å². The zero-order valence-corrected chi connectivity index (χ0v) is 15.1. The Morgan fingerprint density at radius 3 is 2.67 bits per heavy atom. The first kappa shape index (κ1) is 18.3. The number of hydrogen-bond donors (Lipinski definition) is 2. The van der Waals surface area contributed by atoms with Crippen molar-refractivity contribution in [2.45, 2.75) is 4.90 Å². The Balaban J connectivity index is 1.67. The molecule has 8 heteroatoms. The molecule has 24 heavy (non-hydrogen) atoms. The van der Waals surface area contributed by atoms with Gasteiger partial charge in [-0.05, 0) is 30.3 Å². The van der Waals surface area contributed by atoms with Crippen LogP contribution in [0.4, 0.5) is 11.4 Å². The summed E-state index contributed by atoms with van der Waals surface area (Å²) in [5.74, 6) is 0.613. The Kier molecular flexibility index (Phi) is 7.07. The van der Waals surface area contributed by atoms with E-state index in [0.717, 1.165) is 15.1 Å². The number of carbonyl (C=O) groups is 1. The summed E-state index contributed by atoms with van der Waals surface area (Å²) in [5.41, 5.74) is 0.537. The predicted molar refractivity (Wildman–Crippen MR) is 99.5 cm³/mol. The Morgan fingerprint density at radius 1 is 1.21 bits per heavy atom. The van der Waals surface area contributed by atoms with Gasteiger partial charge in [-0.15, -0.1) is 11.8 Å². The van der Waals surface area contributed by atoms with E-state index >= 15 is 0 Å². The fraction of sp³-hybridized carbons (Fsp3) is 0.188. The van der Waals surface area contributed by atoms with E-state index in [1.807, 2.05) is 24.3 Å². The number of benzene rings is 2. The van der Waals surface area contributed by atoms with Crippen molar-refractivity contribution in [1.29, 1.82) is 0 Å². The second-order valence-corrected chi connectivity index (χ2v) is 6.90. The van der Waals surface area contributed by atoms with E-state index in [0.29, 0.717) is 12.2 Å². The molecule has 0 aliphatic rings. The lowest BCUT2D eigenvalue weighted by Gasteiger charge is -2.08. The summed E-state index contributed by atoms with van der Waals surface area (Å²) in [4.78, 5) is 23.1. The highest BCUT2D eigenvalue weighted by Gasteiger charge is 2.06. The van der Waals surface area contributed by atoms with Crippen LogP contribution in [0.3, 0.4) is 0 Å². The second-order valence-electron chi connectivity index (χ2n) is 4.81. The van der Waals surface area contributed by atoms with E-state index in [-0.39, 0.29) is 18.1 Å². The molecular weight excluding hydrogens is 394 g/mol. The zero-order valence-electron chi connectivity index (χ0n) is 12.7. The van der Waals surface area contributed by atoms with Crippen LogP contribution in [0.25, 0.3) is 0 Å². The number of nitro benzene ring substituents is 1. The van der Waals surface area contributed by atoms with Gasteiger partial charge < -0.3 is 10.6 Å². The predicted octanol–water partition coefficient (Wildman–Crippen LogP) is 3.68. The number of nitrogens with zero attached hydrogens (tertiary/aromatic N) is 1. The van der Waals surface area contributed by atoms with Crippen molar-refractivity contribution in [2.75, 3.05) is 24.2 Å². The summed E-state index contributed by atoms with van der Waals surface area (Å²) in [6, 6.07) is 14.0. The number of hydrogen-bond acceptors (Lipinski definition) is 5. The van der Waals surface area contributed by atoms with Gasteiger partial charge in [-0.1, -0.05) is 22.0 Å². The zero-order chi connectivity index (χ0) is 17.4. The third-order valence-electron chi connectivity index (χ3n) is 3.02. The minimum Gasteiger partial charge on any atom is -0.376 e. The smallest absolute Gasteiger partial charge is 0.271 e. The van der Waals surface area contributed by atoms with Crippen molar-refractivity contribution in [3.8, 4) is 0 Å². The van der Waals surface area contributed by atoms with E-state index in [1.165, 1.54) is 12.1 Å². The Labute approximate surface area is 152 Å². The normalized spacial score (nSPS) is 10.2. The molecule has 0 spiro atoms. The van der Waals surface area contributed by atoms with Crippen molar-refractivity contribution in [3.05, 3.63) is 63.1 Å². The number of thioether (sulfide) groups is 1. The molecule has 126 valence electrons. The van der Waals surface area contributed by atoms with Crippen LogP contribution in [0.15, 0.2) is 57.9 Å². The topological polar surface area (TPSA) is 84.3 Å². The molecule has 0 atom stereocenters. The fourth-order valence-electron chi connectivity index (χ4n) is 1.86. The highest BCUT2D eigenvalue weighted by atomic mass is 79.9. The van der Waals surface area contributed by atoms with E-state index in [2.05, 4.69) is 26.6 Å². The SMILES string of the molecule is O=C(CNc1cccc([N+](=O)[O-])c1)NCCSc1ccc(Br)cc1. The van der Waals surface area contributed by atoms with Crippen LogP contribution in [0.1, 0.15) is 0 Å². The standard InChI is InChI=1S/C16H16BrN3O3S/c17-12-4-6-15(7-5-12)24-9-8-18-16(21)11-19-13-2-1-3-14(10-13)20(22)23/h1-7,10,19H,8-9,11H2,(H,18,21). The van der Waals surface area contributed by atoms with Gasteiger partial charge in [-0.25, -0.2) is 0 Å². The Bertz CT molecular complexity index is 710. The molecule has 2 rings (SSSR count). The molecular formula is C16H16BrN3O3S. The molecule has 0 unspecified atom stereocenters. The quantitative estimate of drug-likeness (QED) is 0.300. The lowest BCUT2D eigenvalue weighted by molar-refractivity contribution is -0.384. The number of halogens is 1. The lowest BCUT2D eigenvalue weighted by atomic mass is 10.3. The summed E-state index contributed by atoms with van der Waals surface area (Å²) in [6.07, 6.45) is 0. The molecule has 2 aromatic rings. The Morgan fingerprint density at radius 2 is 1.96 bits per heavy atom. The first-order valence-corrected chi connectivity index (χ1v) is 8.96. The number of nitrogens with one attached hydrogen (secondary N) is 2. The molecule has 0 heterocycles. The van der Waals surface area contributed by atoms with Gasteiger partial charge in [0.05, 0.1) is 11.5 Å². The van der Waals surface area contributed by atoms with Gasteiger partial charge in [0.1, 0.15) is 0 Å². The molecule has 0 saturated carbocycles. The van der Waals surface area contributed by atoms with Crippen LogP contribution in [-0.4, -0.2) is 29.7 Å². The molecule has 0 saturated heterocycles. The summed E-state index contributed by atoms with van der Waals surface area (Å²) >= 11 is 5.04. The van der Waals surface area contributed by atoms with Crippen LogP contribution in [0.5, 0.6) is 0 Å². The number of non-ortho nitro benzene ring substituents is 1. The Hall–Kier alpha value is -2.06. The van der Waals surface area contributed by atoms with Crippen molar-refractivity contribution in [2.24, 2.45) is 0 Å². The van der Waals surface area contributed by atoms with E-state index in [4.69, 9.17) is 0 Å². The number of carbonyl (C=O) groups excluding carboxylic acids is 1. The molecule has 0 radical (unpaired) electrons. The average molecular weight is 410 g/mol. The summed E-state index contributed by atoms with van der Waals surface area (Å²) in [7, 11) is 0. The maximum absolute atomic E-state index is 11.8. The molecule has 0 fully saturated rings. The van der Waals surface area contributed by atoms with Gasteiger partial charge in [0.15, 0.2) is 0 Å². The molecule has 0 aliphatic carbocycles.